The van der Waals surface area contributed by atoms with Crippen LogP contribution in [0.15, 0.2) is 12.1 Å². The molecular formula is C19H30N2O3. The van der Waals surface area contributed by atoms with Crippen LogP contribution in [0.5, 0.6) is 17.2 Å². The molecule has 0 aromatic heterocycles. The fourth-order valence-corrected chi connectivity index (χ4v) is 3.80. The maximum absolute atomic E-state index is 5.67. The number of rotatable bonds is 7. The summed E-state index contributed by atoms with van der Waals surface area (Å²) in [5.41, 5.74) is 1.19. The second-order valence-electron chi connectivity index (χ2n) is 7.06. The molecule has 1 aliphatic carbocycles. The van der Waals surface area contributed by atoms with Crippen molar-refractivity contribution in [1.29, 1.82) is 0 Å². The smallest absolute Gasteiger partial charge is 0.203 e. The highest BCUT2D eigenvalue weighted by atomic mass is 16.5. The summed E-state index contributed by atoms with van der Waals surface area (Å²) in [7, 11) is 7.23. The van der Waals surface area contributed by atoms with Crippen LogP contribution in [0.2, 0.25) is 0 Å². The molecule has 1 aromatic rings. The zero-order valence-corrected chi connectivity index (χ0v) is 15.3. The molecule has 1 saturated heterocycles. The average molecular weight is 334 g/mol. The highest BCUT2D eigenvalue weighted by Crippen LogP contribution is 2.41. The van der Waals surface area contributed by atoms with E-state index in [2.05, 4.69) is 23.3 Å². The van der Waals surface area contributed by atoms with Gasteiger partial charge in [-0.1, -0.05) is 6.07 Å². The quantitative estimate of drug-likeness (QED) is 0.829. The van der Waals surface area contributed by atoms with Crippen LogP contribution in [0.4, 0.5) is 0 Å². The van der Waals surface area contributed by atoms with Gasteiger partial charge >= 0.3 is 0 Å². The third-order valence-corrected chi connectivity index (χ3v) is 5.23. The molecule has 0 amide bonds. The molecule has 5 nitrogen and oxygen atoms in total. The van der Waals surface area contributed by atoms with Crippen molar-refractivity contribution in [2.24, 2.45) is 5.92 Å². The van der Waals surface area contributed by atoms with Crippen LogP contribution in [0.1, 0.15) is 24.8 Å². The van der Waals surface area contributed by atoms with E-state index in [0.29, 0.717) is 23.5 Å². The van der Waals surface area contributed by atoms with Crippen LogP contribution in [0.3, 0.4) is 0 Å². The van der Waals surface area contributed by atoms with Gasteiger partial charge in [0.1, 0.15) is 0 Å². The lowest BCUT2D eigenvalue weighted by Crippen LogP contribution is -2.49. The van der Waals surface area contributed by atoms with E-state index in [4.69, 9.17) is 14.2 Å². The van der Waals surface area contributed by atoms with Gasteiger partial charge in [0.15, 0.2) is 11.5 Å². The van der Waals surface area contributed by atoms with Crippen molar-refractivity contribution in [3.8, 4) is 17.2 Å². The first-order valence-corrected chi connectivity index (χ1v) is 8.88. The van der Waals surface area contributed by atoms with Gasteiger partial charge in [-0.3, -0.25) is 0 Å². The van der Waals surface area contributed by atoms with Crippen LogP contribution < -0.4 is 19.5 Å². The summed E-state index contributed by atoms with van der Waals surface area (Å²) in [6.45, 7) is 2.28. The molecule has 1 aromatic carbocycles. The standard InChI is InChI=1S/C19H30N2O3/c1-21-10-9-16(20-15-6-7-15)14(12-21)11-13-5-8-17(22-2)19(24-4)18(13)23-3/h5,8,14-16,20H,6-7,9-12H2,1-4H3/t14-,16-/m0/s1. The van der Waals surface area contributed by atoms with E-state index < -0.39 is 0 Å². The van der Waals surface area contributed by atoms with E-state index in [1.54, 1.807) is 21.3 Å². The molecule has 1 heterocycles. The van der Waals surface area contributed by atoms with E-state index >= 15 is 0 Å². The van der Waals surface area contributed by atoms with Gasteiger partial charge in [0.25, 0.3) is 0 Å². The monoisotopic (exact) mass is 334 g/mol. The Hall–Kier alpha value is -1.46. The summed E-state index contributed by atoms with van der Waals surface area (Å²) >= 11 is 0. The topological polar surface area (TPSA) is 43.0 Å². The average Bonchev–Trinajstić information content (AvgIpc) is 3.40. The van der Waals surface area contributed by atoms with E-state index in [-0.39, 0.29) is 0 Å². The van der Waals surface area contributed by atoms with Gasteiger partial charge in [0.2, 0.25) is 5.75 Å². The molecule has 2 aliphatic rings. The fourth-order valence-electron chi connectivity index (χ4n) is 3.80. The molecule has 0 unspecified atom stereocenters. The van der Waals surface area contributed by atoms with Gasteiger partial charge in [0, 0.05) is 18.6 Å². The van der Waals surface area contributed by atoms with Gasteiger partial charge in [-0.25, -0.2) is 0 Å². The zero-order valence-electron chi connectivity index (χ0n) is 15.3. The lowest BCUT2D eigenvalue weighted by Gasteiger charge is -2.38. The van der Waals surface area contributed by atoms with Gasteiger partial charge in [-0.2, -0.15) is 0 Å². The largest absolute Gasteiger partial charge is 0.493 e. The molecule has 0 spiro atoms. The Bertz CT molecular complexity index is 560. The van der Waals surface area contributed by atoms with Crippen molar-refractivity contribution in [1.82, 2.24) is 10.2 Å². The third kappa shape index (κ3) is 3.78. The van der Waals surface area contributed by atoms with Crippen LogP contribution in [-0.2, 0) is 6.42 Å². The first kappa shape index (κ1) is 17.4. The minimum absolute atomic E-state index is 0.580. The number of benzene rings is 1. The van der Waals surface area contributed by atoms with Crippen molar-refractivity contribution < 1.29 is 14.2 Å². The second kappa shape index (κ2) is 7.62. The molecule has 0 bridgehead atoms. The minimum Gasteiger partial charge on any atom is -0.493 e. The number of ether oxygens (including phenoxy) is 3. The molecule has 5 heteroatoms. The number of methoxy groups -OCH3 is 3. The molecule has 2 atom stereocenters. The van der Waals surface area contributed by atoms with Crippen LogP contribution in [0.25, 0.3) is 0 Å². The number of piperidine rings is 1. The van der Waals surface area contributed by atoms with Crippen molar-refractivity contribution in [3.63, 3.8) is 0 Å². The third-order valence-electron chi connectivity index (χ3n) is 5.23. The predicted octanol–water partition coefficient (Wildman–Crippen LogP) is 2.33. The molecular weight excluding hydrogens is 304 g/mol. The Morgan fingerprint density at radius 1 is 1.04 bits per heavy atom. The Morgan fingerprint density at radius 2 is 1.79 bits per heavy atom. The summed E-state index contributed by atoms with van der Waals surface area (Å²) in [4.78, 5) is 2.43. The van der Waals surface area contributed by atoms with Gasteiger partial charge in [-0.05, 0) is 56.8 Å². The van der Waals surface area contributed by atoms with E-state index in [9.17, 15) is 0 Å². The summed E-state index contributed by atoms with van der Waals surface area (Å²) in [6.07, 6.45) is 4.86. The predicted molar refractivity (Wildman–Crippen MR) is 95.4 cm³/mol. The normalized spacial score (nSPS) is 24.7. The minimum atomic E-state index is 0.580. The number of likely N-dealkylation sites (tertiary alicyclic amines) is 1. The lowest BCUT2D eigenvalue weighted by molar-refractivity contribution is 0.161. The highest BCUT2D eigenvalue weighted by molar-refractivity contribution is 5.55. The Morgan fingerprint density at radius 3 is 2.42 bits per heavy atom. The van der Waals surface area contributed by atoms with Crippen molar-refractivity contribution >= 4 is 0 Å². The number of nitrogens with zero attached hydrogens (tertiary/aromatic N) is 1. The highest BCUT2D eigenvalue weighted by Gasteiger charge is 2.33. The number of hydrogen-bond acceptors (Lipinski definition) is 5. The molecule has 2 fully saturated rings. The van der Waals surface area contributed by atoms with Crippen LogP contribution in [-0.4, -0.2) is 58.5 Å². The van der Waals surface area contributed by atoms with E-state index in [1.165, 1.54) is 31.4 Å². The Balaban J connectivity index is 1.81. The summed E-state index contributed by atoms with van der Waals surface area (Å²) in [5, 5.41) is 3.85. The first-order valence-electron chi connectivity index (χ1n) is 8.88. The summed E-state index contributed by atoms with van der Waals surface area (Å²) in [5.74, 6) is 2.78. The number of nitrogens with one attached hydrogen (secondary N) is 1. The maximum Gasteiger partial charge on any atom is 0.203 e. The SMILES string of the molecule is COc1ccc(C[C@H]2CN(C)CC[C@@H]2NC2CC2)c(OC)c1OC. The fraction of sp³-hybridized carbons (Fsp3) is 0.684. The van der Waals surface area contributed by atoms with Crippen molar-refractivity contribution in [3.05, 3.63) is 17.7 Å². The summed E-state index contributed by atoms with van der Waals surface area (Å²) < 4.78 is 16.6. The second-order valence-corrected chi connectivity index (χ2v) is 7.06. The lowest BCUT2D eigenvalue weighted by atomic mass is 9.86. The van der Waals surface area contributed by atoms with Crippen LogP contribution >= 0.6 is 0 Å². The zero-order chi connectivity index (χ0) is 17.1. The number of hydrogen-bond donors (Lipinski definition) is 1. The molecule has 1 N–H and O–H groups in total. The van der Waals surface area contributed by atoms with E-state index in [0.717, 1.165) is 24.8 Å². The molecule has 24 heavy (non-hydrogen) atoms. The van der Waals surface area contributed by atoms with Crippen LogP contribution in [0, 0.1) is 5.92 Å². The Kier molecular flexibility index (Phi) is 5.51. The maximum atomic E-state index is 5.67. The van der Waals surface area contributed by atoms with Crippen molar-refractivity contribution in [2.75, 3.05) is 41.5 Å². The molecule has 0 radical (unpaired) electrons. The molecule has 134 valence electrons. The molecule has 1 aliphatic heterocycles. The Labute approximate surface area is 145 Å². The van der Waals surface area contributed by atoms with E-state index in [1.807, 2.05) is 6.07 Å². The summed E-state index contributed by atoms with van der Waals surface area (Å²) in [6, 6.07) is 5.43. The molecule has 1 saturated carbocycles. The first-order chi connectivity index (χ1) is 11.7. The van der Waals surface area contributed by atoms with Gasteiger partial charge in [-0.15, -0.1) is 0 Å². The van der Waals surface area contributed by atoms with Gasteiger partial charge < -0.3 is 24.4 Å². The van der Waals surface area contributed by atoms with Gasteiger partial charge in [0.05, 0.1) is 21.3 Å². The van der Waals surface area contributed by atoms with Crippen molar-refractivity contribution in [2.45, 2.75) is 37.8 Å². The molecule has 3 rings (SSSR count).